The van der Waals surface area contributed by atoms with E-state index in [9.17, 15) is 0 Å². The van der Waals surface area contributed by atoms with E-state index in [0.29, 0.717) is 18.1 Å². The van der Waals surface area contributed by atoms with Gasteiger partial charge < -0.3 is 10.4 Å². The summed E-state index contributed by atoms with van der Waals surface area (Å²) in [6.07, 6.45) is 3.36. The van der Waals surface area contributed by atoms with E-state index in [0.717, 1.165) is 10.0 Å². The summed E-state index contributed by atoms with van der Waals surface area (Å²) < 4.78 is 0.789. The molecule has 13 heavy (non-hydrogen) atoms. The number of hydrogen-bond acceptors (Lipinski definition) is 3. The lowest BCUT2D eigenvalue weighted by Gasteiger charge is -2.05. The van der Waals surface area contributed by atoms with Crippen molar-refractivity contribution >= 4 is 27.5 Å². The van der Waals surface area contributed by atoms with E-state index >= 15 is 0 Å². The summed E-state index contributed by atoms with van der Waals surface area (Å²) >= 11 is 9.27. The van der Waals surface area contributed by atoms with Crippen molar-refractivity contribution in [2.75, 3.05) is 13.2 Å². The van der Waals surface area contributed by atoms with E-state index in [1.165, 1.54) is 0 Å². The van der Waals surface area contributed by atoms with Gasteiger partial charge in [-0.05, 0) is 15.9 Å². The molecule has 72 valence electrons. The van der Waals surface area contributed by atoms with Crippen molar-refractivity contribution in [1.29, 1.82) is 0 Å². The summed E-state index contributed by atoms with van der Waals surface area (Å²) in [4.78, 5) is 3.99. The van der Waals surface area contributed by atoms with Crippen molar-refractivity contribution in [2.45, 2.75) is 6.54 Å². The first-order chi connectivity index (χ1) is 6.25. The second kappa shape index (κ2) is 5.54. The molecule has 0 aromatic carbocycles. The van der Waals surface area contributed by atoms with Gasteiger partial charge in [0, 0.05) is 31.0 Å². The van der Waals surface area contributed by atoms with Crippen LogP contribution in [0.3, 0.4) is 0 Å². The Morgan fingerprint density at radius 1 is 1.54 bits per heavy atom. The van der Waals surface area contributed by atoms with Crippen molar-refractivity contribution in [1.82, 2.24) is 10.3 Å². The number of aliphatic hydroxyl groups excluding tert-OH is 1. The maximum Gasteiger partial charge on any atom is 0.0624 e. The summed E-state index contributed by atoms with van der Waals surface area (Å²) in [5.74, 6) is 0. The third kappa shape index (κ3) is 3.23. The van der Waals surface area contributed by atoms with Crippen LogP contribution in [-0.4, -0.2) is 23.2 Å². The Morgan fingerprint density at radius 3 is 3.00 bits per heavy atom. The highest BCUT2D eigenvalue weighted by molar-refractivity contribution is 9.10. The number of nitrogens with zero attached hydrogens (tertiary/aromatic N) is 1. The van der Waals surface area contributed by atoms with Gasteiger partial charge in [0.15, 0.2) is 0 Å². The zero-order valence-corrected chi connectivity index (χ0v) is 9.27. The number of pyridine rings is 1. The first-order valence-electron chi connectivity index (χ1n) is 3.85. The van der Waals surface area contributed by atoms with Crippen LogP contribution in [0.5, 0.6) is 0 Å². The molecule has 0 spiro atoms. The van der Waals surface area contributed by atoms with Crippen LogP contribution in [0.2, 0.25) is 5.02 Å². The Morgan fingerprint density at radius 2 is 2.31 bits per heavy atom. The van der Waals surface area contributed by atoms with Crippen LogP contribution in [0.4, 0.5) is 0 Å². The molecule has 0 fully saturated rings. The van der Waals surface area contributed by atoms with Gasteiger partial charge in [-0.15, -0.1) is 0 Å². The first-order valence-corrected chi connectivity index (χ1v) is 5.02. The van der Waals surface area contributed by atoms with Crippen LogP contribution < -0.4 is 5.32 Å². The van der Waals surface area contributed by atoms with E-state index in [1.54, 1.807) is 12.4 Å². The highest BCUT2D eigenvalue weighted by Gasteiger charge is 2.03. The molecule has 0 aliphatic heterocycles. The Kier molecular flexibility index (Phi) is 4.66. The maximum absolute atomic E-state index is 8.55. The molecule has 0 radical (unpaired) electrons. The standard InChI is InChI=1S/C8H10BrClN2O/c9-7-5-12-4-6(8(7)10)3-11-1-2-13/h4-5,11,13H,1-3H2. The maximum atomic E-state index is 8.55. The molecule has 2 N–H and O–H groups in total. The zero-order chi connectivity index (χ0) is 9.68. The molecular formula is C8H10BrClN2O. The van der Waals surface area contributed by atoms with Crippen molar-refractivity contribution in [3.8, 4) is 0 Å². The van der Waals surface area contributed by atoms with Crippen molar-refractivity contribution < 1.29 is 5.11 Å². The fourth-order valence-electron chi connectivity index (χ4n) is 0.885. The molecule has 3 nitrogen and oxygen atoms in total. The third-order valence-corrected chi connectivity index (χ3v) is 2.79. The topological polar surface area (TPSA) is 45.1 Å². The Labute approximate surface area is 90.3 Å². The lowest BCUT2D eigenvalue weighted by atomic mass is 10.3. The van der Waals surface area contributed by atoms with Gasteiger partial charge in [0.25, 0.3) is 0 Å². The molecule has 1 heterocycles. The number of halogens is 2. The predicted octanol–water partition coefficient (Wildman–Crippen LogP) is 1.58. The van der Waals surface area contributed by atoms with E-state index in [-0.39, 0.29) is 6.61 Å². The molecule has 1 aromatic rings. The predicted molar refractivity (Wildman–Crippen MR) is 55.7 cm³/mol. The summed E-state index contributed by atoms with van der Waals surface area (Å²) in [5.41, 5.74) is 0.921. The van der Waals surface area contributed by atoms with Gasteiger partial charge in [0.05, 0.1) is 16.1 Å². The van der Waals surface area contributed by atoms with Crippen molar-refractivity contribution in [2.24, 2.45) is 0 Å². The minimum Gasteiger partial charge on any atom is -0.395 e. The highest BCUT2D eigenvalue weighted by atomic mass is 79.9. The molecule has 0 unspecified atom stereocenters. The molecule has 0 atom stereocenters. The van der Waals surface area contributed by atoms with Gasteiger partial charge in [-0.3, -0.25) is 4.98 Å². The second-order valence-electron chi connectivity index (χ2n) is 2.49. The molecular weight excluding hydrogens is 255 g/mol. The fraction of sp³-hybridized carbons (Fsp3) is 0.375. The molecule has 0 saturated carbocycles. The molecule has 1 rings (SSSR count). The largest absolute Gasteiger partial charge is 0.395 e. The number of aliphatic hydroxyl groups is 1. The average Bonchev–Trinajstić information content (AvgIpc) is 2.13. The van der Waals surface area contributed by atoms with Gasteiger partial charge in [-0.25, -0.2) is 0 Å². The van der Waals surface area contributed by atoms with Gasteiger partial charge in [0.1, 0.15) is 0 Å². The Bertz CT molecular complexity index is 283. The summed E-state index contributed by atoms with van der Waals surface area (Å²) in [5, 5.41) is 12.2. The second-order valence-corrected chi connectivity index (χ2v) is 3.73. The molecule has 0 saturated heterocycles. The van der Waals surface area contributed by atoms with Crippen LogP contribution in [0.15, 0.2) is 16.9 Å². The van der Waals surface area contributed by atoms with Crippen LogP contribution >= 0.6 is 27.5 Å². The minimum atomic E-state index is 0.124. The lowest BCUT2D eigenvalue weighted by Crippen LogP contribution is -2.17. The quantitative estimate of drug-likeness (QED) is 0.813. The van der Waals surface area contributed by atoms with E-state index in [4.69, 9.17) is 16.7 Å². The van der Waals surface area contributed by atoms with E-state index in [2.05, 4.69) is 26.2 Å². The van der Waals surface area contributed by atoms with Gasteiger partial charge in [0.2, 0.25) is 0 Å². The first kappa shape index (κ1) is 10.9. The molecule has 5 heteroatoms. The summed E-state index contributed by atoms with van der Waals surface area (Å²) in [6, 6.07) is 0. The molecule has 0 aliphatic carbocycles. The van der Waals surface area contributed by atoms with Crippen LogP contribution in [0, 0.1) is 0 Å². The Balaban J connectivity index is 2.61. The van der Waals surface area contributed by atoms with Gasteiger partial charge in [-0.2, -0.15) is 0 Å². The van der Waals surface area contributed by atoms with Crippen molar-refractivity contribution in [3.05, 3.63) is 27.5 Å². The summed E-state index contributed by atoms with van der Waals surface area (Å²) in [6.45, 7) is 1.30. The average molecular weight is 266 g/mol. The fourth-order valence-corrected chi connectivity index (χ4v) is 1.42. The van der Waals surface area contributed by atoms with E-state index in [1.807, 2.05) is 0 Å². The lowest BCUT2D eigenvalue weighted by molar-refractivity contribution is 0.292. The number of rotatable bonds is 4. The molecule has 0 aliphatic rings. The number of aromatic nitrogens is 1. The smallest absolute Gasteiger partial charge is 0.0624 e. The van der Waals surface area contributed by atoms with Crippen molar-refractivity contribution in [3.63, 3.8) is 0 Å². The SMILES string of the molecule is OCCNCc1cncc(Br)c1Cl. The van der Waals surface area contributed by atoms with Gasteiger partial charge >= 0.3 is 0 Å². The molecule has 0 amide bonds. The molecule has 0 bridgehead atoms. The molecule has 1 aromatic heterocycles. The van der Waals surface area contributed by atoms with Crippen LogP contribution in [-0.2, 0) is 6.54 Å². The zero-order valence-electron chi connectivity index (χ0n) is 6.93. The number of nitrogens with one attached hydrogen (secondary N) is 1. The van der Waals surface area contributed by atoms with Crippen LogP contribution in [0.25, 0.3) is 0 Å². The van der Waals surface area contributed by atoms with E-state index < -0.39 is 0 Å². The monoisotopic (exact) mass is 264 g/mol. The normalized spacial score (nSPS) is 10.4. The van der Waals surface area contributed by atoms with Gasteiger partial charge in [-0.1, -0.05) is 11.6 Å². The number of hydrogen-bond donors (Lipinski definition) is 2. The summed E-state index contributed by atoms with van der Waals surface area (Å²) in [7, 11) is 0. The minimum absolute atomic E-state index is 0.124. The third-order valence-electron chi connectivity index (χ3n) is 1.51. The highest BCUT2D eigenvalue weighted by Crippen LogP contribution is 2.24. The Hall–Kier alpha value is -0.160. The van der Waals surface area contributed by atoms with Crippen LogP contribution in [0.1, 0.15) is 5.56 Å².